The molecule has 21 heavy (non-hydrogen) atoms. The van der Waals surface area contributed by atoms with Crippen LogP contribution in [0.2, 0.25) is 0 Å². The molecule has 1 aromatic rings. The normalized spacial score (nSPS) is 20.5. The van der Waals surface area contributed by atoms with E-state index in [9.17, 15) is 14.4 Å². The van der Waals surface area contributed by atoms with Gasteiger partial charge in [0.15, 0.2) is 6.29 Å². The molecule has 1 aliphatic rings. The third kappa shape index (κ3) is 2.30. The molecule has 0 saturated carbocycles. The van der Waals surface area contributed by atoms with Crippen molar-refractivity contribution < 1.29 is 9.59 Å². The Balaban J connectivity index is 2.79. The molecule has 0 spiro atoms. The Labute approximate surface area is 124 Å². The molecule has 1 aliphatic heterocycles. The zero-order valence-corrected chi connectivity index (χ0v) is 13.0. The largest absolute Gasteiger partial charge is 0.327 e. The zero-order valence-electron chi connectivity index (χ0n) is 13.0. The Bertz CT molecular complexity index is 646. The molecule has 2 rings (SSSR count). The quantitative estimate of drug-likeness (QED) is 0.844. The second kappa shape index (κ2) is 5.47. The second-order valence-corrected chi connectivity index (χ2v) is 6.01. The van der Waals surface area contributed by atoms with Crippen molar-refractivity contribution in [1.82, 2.24) is 9.88 Å². The first-order chi connectivity index (χ1) is 9.90. The van der Waals surface area contributed by atoms with Crippen LogP contribution in [0, 0.1) is 5.92 Å². The van der Waals surface area contributed by atoms with Crippen LogP contribution in [0.5, 0.6) is 0 Å². The molecule has 114 valence electrons. The fourth-order valence-corrected chi connectivity index (χ4v) is 3.34. The molecule has 1 atom stereocenters. The summed E-state index contributed by atoms with van der Waals surface area (Å²) in [6, 6.07) is 1.35. The number of nitrogens with one attached hydrogen (secondary N) is 1. The van der Waals surface area contributed by atoms with Gasteiger partial charge < -0.3 is 5.32 Å². The van der Waals surface area contributed by atoms with E-state index in [4.69, 9.17) is 0 Å². The smallest absolute Gasteiger partial charge is 0.270 e. The number of hydrogen-bond acceptors (Lipinski definition) is 3. The Morgan fingerprint density at radius 3 is 2.48 bits per heavy atom. The maximum atomic E-state index is 12.5. The number of hydrogen-bond donors (Lipinski definition) is 1. The fourth-order valence-electron chi connectivity index (χ4n) is 3.34. The van der Waals surface area contributed by atoms with Gasteiger partial charge in [0.05, 0.1) is 0 Å². The Morgan fingerprint density at radius 1 is 1.33 bits per heavy atom. The molecular formula is C16H22N2O3. The first-order valence-corrected chi connectivity index (χ1v) is 7.47. The first kappa shape index (κ1) is 15.5. The monoisotopic (exact) mass is 290 g/mol. The summed E-state index contributed by atoms with van der Waals surface area (Å²) in [5.41, 5.74) is 0.365. The van der Waals surface area contributed by atoms with Crippen molar-refractivity contribution in [2.24, 2.45) is 5.92 Å². The Hall–Kier alpha value is -1.91. The zero-order chi connectivity index (χ0) is 15.8. The average molecular weight is 290 g/mol. The molecule has 5 heteroatoms. The van der Waals surface area contributed by atoms with E-state index in [1.807, 2.05) is 13.8 Å². The number of rotatable bonds is 5. The van der Waals surface area contributed by atoms with Crippen molar-refractivity contribution in [3.8, 4) is 0 Å². The lowest BCUT2D eigenvalue weighted by molar-refractivity contribution is 0.0893. The second-order valence-electron chi connectivity index (χ2n) is 6.01. The number of carbonyl (C=O) groups is 2. The number of pyridine rings is 1. The molecule has 2 heterocycles. The van der Waals surface area contributed by atoms with Gasteiger partial charge in [0, 0.05) is 11.6 Å². The molecule has 1 aromatic heterocycles. The maximum absolute atomic E-state index is 12.5. The predicted molar refractivity (Wildman–Crippen MR) is 80.7 cm³/mol. The van der Waals surface area contributed by atoms with Crippen LogP contribution in [-0.2, 0) is 12.1 Å². The minimum absolute atomic E-state index is 0.254. The molecule has 1 N–H and O–H groups in total. The van der Waals surface area contributed by atoms with Gasteiger partial charge in [-0.15, -0.1) is 0 Å². The lowest BCUT2D eigenvalue weighted by atomic mass is 9.94. The molecular weight excluding hydrogens is 268 g/mol. The van der Waals surface area contributed by atoms with Crippen molar-refractivity contribution in [3.63, 3.8) is 0 Å². The topological polar surface area (TPSA) is 68.2 Å². The van der Waals surface area contributed by atoms with Crippen LogP contribution in [0.3, 0.4) is 0 Å². The van der Waals surface area contributed by atoms with Gasteiger partial charge in [-0.1, -0.05) is 27.7 Å². The van der Waals surface area contributed by atoms with Crippen molar-refractivity contribution in [2.45, 2.75) is 52.6 Å². The lowest BCUT2D eigenvalue weighted by Gasteiger charge is -2.32. The molecule has 1 unspecified atom stereocenters. The molecule has 0 aliphatic carbocycles. The molecule has 1 amide bonds. The standard InChI is InChI=1S/C16H22N2O3/c1-5-12-11(9-19)7-13(20)18-14(12)15(21)17-16(18,6-2)8-10(3)4/h7,9-10H,5-6,8H2,1-4H3,(H,17,21). The molecule has 0 saturated heterocycles. The molecule has 0 aromatic carbocycles. The van der Waals surface area contributed by atoms with E-state index in [0.29, 0.717) is 48.3 Å². The van der Waals surface area contributed by atoms with E-state index in [1.165, 1.54) is 6.07 Å². The van der Waals surface area contributed by atoms with Crippen LogP contribution in [0.15, 0.2) is 10.9 Å². The van der Waals surface area contributed by atoms with E-state index in [2.05, 4.69) is 19.2 Å². The highest BCUT2D eigenvalue weighted by Gasteiger charge is 2.43. The fraction of sp³-hybridized carbons (Fsp3) is 0.562. The summed E-state index contributed by atoms with van der Waals surface area (Å²) in [5, 5.41) is 2.99. The van der Waals surface area contributed by atoms with Gasteiger partial charge in [-0.05, 0) is 30.7 Å². The van der Waals surface area contributed by atoms with Gasteiger partial charge in [0.2, 0.25) is 0 Å². The lowest BCUT2D eigenvalue weighted by Crippen LogP contribution is -2.47. The summed E-state index contributed by atoms with van der Waals surface area (Å²) >= 11 is 0. The van der Waals surface area contributed by atoms with Gasteiger partial charge in [-0.25, -0.2) is 0 Å². The SMILES string of the molecule is CCc1c(C=O)cc(=O)n2c1C(=O)NC2(CC)CC(C)C. The minimum Gasteiger partial charge on any atom is -0.327 e. The summed E-state index contributed by atoms with van der Waals surface area (Å²) < 4.78 is 1.57. The van der Waals surface area contributed by atoms with Gasteiger partial charge in [-0.2, -0.15) is 0 Å². The number of aromatic nitrogens is 1. The number of amides is 1. The number of aldehydes is 1. The summed E-state index contributed by atoms with van der Waals surface area (Å²) in [6.07, 6.45) is 2.51. The number of nitrogens with zero attached hydrogens (tertiary/aromatic N) is 1. The van der Waals surface area contributed by atoms with Crippen LogP contribution in [0.25, 0.3) is 0 Å². The number of fused-ring (bicyclic) bond motifs is 1. The van der Waals surface area contributed by atoms with Gasteiger partial charge in [0.25, 0.3) is 11.5 Å². The Kier molecular flexibility index (Phi) is 4.03. The first-order valence-electron chi connectivity index (χ1n) is 7.47. The van der Waals surface area contributed by atoms with Gasteiger partial charge >= 0.3 is 0 Å². The molecule has 0 fully saturated rings. The highest BCUT2D eigenvalue weighted by molar-refractivity contribution is 5.98. The van der Waals surface area contributed by atoms with Crippen LogP contribution < -0.4 is 10.9 Å². The molecule has 0 radical (unpaired) electrons. The van der Waals surface area contributed by atoms with E-state index >= 15 is 0 Å². The third-order valence-corrected chi connectivity index (χ3v) is 4.16. The summed E-state index contributed by atoms with van der Waals surface area (Å²) in [7, 11) is 0. The summed E-state index contributed by atoms with van der Waals surface area (Å²) in [5.74, 6) is 0.0778. The molecule has 0 bridgehead atoms. The van der Waals surface area contributed by atoms with Crippen LogP contribution in [0.4, 0.5) is 0 Å². The van der Waals surface area contributed by atoms with E-state index in [0.717, 1.165) is 0 Å². The summed E-state index contributed by atoms with van der Waals surface area (Å²) in [4.78, 5) is 36.1. The van der Waals surface area contributed by atoms with E-state index in [1.54, 1.807) is 4.57 Å². The third-order valence-electron chi connectivity index (χ3n) is 4.16. The van der Waals surface area contributed by atoms with Crippen molar-refractivity contribution in [3.05, 3.63) is 33.2 Å². The van der Waals surface area contributed by atoms with Crippen LogP contribution in [0.1, 0.15) is 66.9 Å². The van der Waals surface area contributed by atoms with Crippen LogP contribution in [-0.4, -0.2) is 16.8 Å². The predicted octanol–water partition coefficient (Wildman–Crippen LogP) is 2.08. The number of carbonyl (C=O) groups excluding carboxylic acids is 2. The van der Waals surface area contributed by atoms with Crippen molar-refractivity contribution >= 4 is 12.2 Å². The van der Waals surface area contributed by atoms with Crippen LogP contribution >= 0.6 is 0 Å². The highest BCUT2D eigenvalue weighted by Crippen LogP contribution is 2.33. The summed E-state index contributed by atoms with van der Waals surface area (Å²) in [6.45, 7) is 7.97. The van der Waals surface area contributed by atoms with E-state index in [-0.39, 0.29) is 11.5 Å². The minimum atomic E-state index is -0.678. The molecule has 5 nitrogen and oxygen atoms in total. The van der Waals surface area contributed by atoms with Gasteiger partial charge in [0.1, 0.15) is 11.4 Å². The van der Waals surface area contributed by atoms with Gasteiger partial charge in [-0.3, -0.25) is 19.0 Å². The Morgan fingerprint density at radius 2 is 2.00 bits per heavy atom. The average Bonchev–Trinajstić information content (AvgIpc) is 2.72. The van der Waals surface area contributed by atoms with Crippen molar-refractivity contribution in [2.75, 3.05) is 0 Å². The van der Waals surface area contributed by atoms with Crippen molar-refractivity contribution in [1.29, 1.82) is 0 Å². The highest BCUT2D eigenvalue weighted by atomic mass is 16.2. The maximum Gasteiger partial charge on any atom is 0.270 e. The van der Waals surface area contributed by atoms with E-state index < -0.39 is 5.66 Å².